The number of methoxy groups -OCH3 is 1. The van der Waals surface area contributed by atoms with E-state index in [0.29, 0.717) is 0 Å². The third-order valence-corrected chi connectivity index (χ3v) is 4.36. The van der Waals surface area contributed by atoms with Crippen LogP contribution in [0.2, 0.25) is 0 Å². The van der Waals surface area contributed by atoms with E-state index in [1.54, 1.807) is 12.0 Å². The van der Waals surface area contributed by atoms with Crippen LogP contribution >= 0.6 is 22.6 Å². The van der Waals surface area contributed by atoms with Gasteiger partial charge in [-0.3, -0.25) is 4.90 Å². The van der Waals surface area contributed by atoms with Gasteiger partial charge < -0.3 is 10.1 Å². The molecule has 5 heteroatoms. The van der Waals surface area contributed by atoms with Gasteiger partial charge in [0.25, 0.3) is 0 Å². The zero-order valence-corrected chi connectivity index (χ0v) is 15.8. The van der Waals surface area contributed by atoms with E-state index < -0.39 is 0 Å². The fourth-order valence-corrected chi connectivity index (χ4v) is 2.76. The highest BCUT2D eigenvalue weighted by Crippen LogP contribution is 2.28. The smallest absolute Gasteiger partial charge is 0.330 e. The summed E-state index contributed by atoms with van der Waals surface area (Å²) in [4.78, 5) is 14.6. The van der Waals surface area contributed by atoms with Crippen molar-refractivity contribution in [2.24, 2.45) is 0 Å². The number of amides is 2. The number of hydrogen-bond acceptors (Lipinski definition) is 2. The highest BCUT2D eigenvalue weighted by molar-refractivity contribution is 14.1. The molecule has 4 nitrogen and oxygen atoms in total. The molecule has 0 heterocycles. The summed E-state index contributed by atoms with van der Waals surface area (Å²) in [5.74, 6) is 0.745. The maximum absolute atomic E-state index is 12.9. The van der Waals surface area contributed by atoms with Crippen molar-refractivity contribution in [1.29, 1.82) is 0 Å². The van der Waals surface area contributed by atoms with Gasteiger partial charge in [-0.2, -0.15) is 0 Å². The Balaban J connectivity index is 1.92. The predicted molar refractivity (Wildman–Crippen MR) is 110 cm³/mol. The van der Waals surface area contributed by atoms with Gasteiger partial charge >= 0.3 is 6.03 Å². The molecule has 25 heavy (non-hydrogen) atoms. The van der Waals surface area contributed by atoms with Gasteiger partial charge in [0.05, 0.1) is 18.5 Å². The van der Waals surface area contributed by atoms with Crippen LogP contribution in [0, 0.1) is 3.57 Å². The van der Waals surface area contributed by atoms with E-state index in [-0.39, 0.29) is 6.03 Å². The first kappa shape index (κ1) is 17.3. The number of carbonyl (C=O) groups is 1. The standard InChI is InChI=1S/C20H17IN2O2/c1-25-19-13-11-18(12-14-19)23(17-5-3-2-4-6-17)20(24)22-16-9-7-15(21)8-10-16/h2-14H,1H3,(H,22,24). The first-order valence-electron chi connectivity index (χ1n) is 7.73. The van der Waals surface area contributed by atoms with Crippen LogP contribution in [-0.4, -0.2) is 13.1 Å². The van der Waals surface area contributed by atoms with E-state index in [1.165, 1.54) is 0 Å². The first-order chi connectivity index (χ1) is 12.2. The molecule has 0 aliphatic rings. The molecular weight excluding hydrogens is 427 g/mol. The minimum Gasteiger partial charge on any atom is -0.497 e. The number of halogens is 1. The molecule has 0 aliphatic heterocycles. The second kappa shape index (κ2) is 8.02. The molecule has 3 aromatic rings. The number of benzene rings is 3. The lowest BCUT2D eigenvalue weighted by Crippen LogP contribution is -2.30. The quantitative estimate of drug-likeness (QED) is 0.527. The molecule has 2 amide bonds. The molecule has 0 saturated heterocycles. The van der Waals surface area contributed by atoms with Crippen molar-refractivity contribution in [2.75, 3.05) is 17.3 Å². The Hall–Kier alpha value is -2.54. The normalized spacial score (nSPS) is 10.2. The fraction of sp³-hybridized carbons (Fsp3) is 0.0500. The summed E-state index contributed by atoms with van der Waals surface area (Å²) in [5.41, 5.74) is 2.30. The van der Waals surface area contributed by atoms with Gasteiger partial charge in [0.15, 0.2) is 0 Å². The molecule has 0 atom stereocenters. The minimum atomic E-state index is -0.224. The Kier molecular flexibility index (Phi) is 5.55. The highest BCUT2D eigenvalue weighted by atomic mass is 127. The summed E-state index contributed by atoms with van der Waals surface area (Å²) in [6.07, 6.45) is 0. The third kappa shape index (κ3) is 4.30. The van der Waals surface area contributed by atoms with Crippen LogP contribution < -0.4 is 15.0 Å². The number of anilines is 3. The van der Waals surface area contributed by atoms with Gasteiger partial charge in [-0.25, -0.2) is 4.79 Å². The highest BCUT2D eigenvalue weighted by Gasteiger charge is 2.18. The van der Waals surface area contributed by atoms with Crippen molar-refractivity contribution in [3.63, 3.8) is 0 Å². The zero-order valence-electron chi connectivity index (χ0n) is 13.6. The molecule has 0 aromatic heterocycles. The zero-order chi connectivity index (χ0) is 17.6. The van der Waals surface area contributed by atoms with Crippen LogP contribution in [0.1, 0.15) is 0 Å². The maximum atomic E-state index is 12.9. The lowest BCUT2D eigenvalue weighted by Gasteiger charge is -2.23. The molecule has 3 aromatic carbocycles. The van der Waals surface area contributed by atoms with E-state index in [4.69, 9.17) is 4.74 Å². The van der Waals surface area contributed by atoms with E-state index >= 15 is 0 Å². The van der Waals surface area contributed by atoms with Crippen molar-refractivity contribution < 1.29 is 9.53 Å². The Labute approximate surface area is 160 Å². The number of nitrogens with one attached hydrogen (secondary N) is 1. The van der Waals surface area contributed by atoms with Gasteiger partial charge in [-0.05, 0) is 83.3 Å². The Morgan fingerprint density at radius 1 is 0.880 bits per heavy atom. The van der Waals surface area contributed by atoms with Gasteiger partial charge in [0.1, 0.15) is 5.75 Å². The van der Waals surface area contributed by atoms with Gasteiger partial charge in [0.2, 0.25) is 0 Å². The molecule has 0 aliphatic carbocycles. The average molecular weight is 444 g/mol. The van der Waals surface area contributed by atoms with Crippen molar-refractivity contribution in [3.05, 3.63) is 82.4 Å². The number of para-hydroxylation sites is 1. The van der Waals surface area contributed by atoms with Gasteiger partial charge in [-0.15, -0.1) is 0 Å². The lowest BCUT2D eigenvalue weighted by atomic mass is 10.2. The van der Waals surface area contributed by atoms with E-state index in [2.05, 4.69) is 27.9 Å². The Morgan fingerprint density at radius 2 is 1.48 bits per heavy atom. The van der Waals surface area contributed by atoms with Crippen molar-refractivity contribution in [1.82, 2.24) is 0 Å². The number of carbonyl (C=O) groups excluding carboxylic acids is 1. The number of ether oxygens (including phenoxy) is 1. The summed E-state index contributed by atoms with van der Waals surface area (Å²) in [6.45, 7) is 0. The molecule has 1 N–H and O–H groups in total. The number of nitrogens with zero attached hydrogens (tertiary/aromatic N) is 1. The van der Waals surface area contributed by atoms with Gasteiger partial charge in [0, 0.05) is 9.26 Å². The van der Waals surface area contributed by atoms with E-state index in [0.717, 1.165) is 26.4 Å². The lowest BCUT2D eigenvalue weighted by molar-refractivity contribution is 0.259. The monoisotopic (exact) mass is 444 g/mol. The van der Waals surface area contributed by atoms with Gasteiger partial charge in [-0.1, -0.05) is 18.2 Å². The van der Waals surface area contributed by atoms with Crippen LogP contribution in [0.25, 0.3) is 0 Å². The molecule has 0 unspecified atom stereocenters. The molecule has 3 rings (SSSR count). The molecular formula is C20H17IN2O2. The Morgan fingerprint density at radius 3 is 2.08 bits per heavy atom. The van der Waals surface area contributed by atoms with Crippen molar-refractivity contribution in [3.8, 4) is 5.75 Å². The molecule has 0 saturated carbocycles. The SMILES string of the molecule is COc1ccc(N(C(=O)Nc2ccc(I)cc2)c2ccccc2)cc1. The second-order valence-corrected chi connectivity index (χ2v) is 6.55. The maximum Gasteiger partial charge on any atom is 0.330 e. The first-order valence-corrected chi connectivity index (χ1v) is 8.81. The molecule has 126 valence electrons. The summed E-state index contributed by atoms with van der Waals surface area (Å²) < 4.78 is 6.32. The summed E-state index contributed by atoms with van der Waals surface area (Å²) in [7, 11) is 1.62. The number of rotatable bonds is 4. The third-order valence-electron chi connectivity index (χ3n) is 3.64. The Bertz CT molecular complexity index is 834. The van der Waals surface area contributed by atoms with Crippen molar-refractivity contribution >= 4 is 45.7 Å². The number of urea groups is 1. The predicted octanol–water partition coefficient (Wildman–Crippen LogP) is 5.67. The summed E-state index contributed by atoms with van der Waals surface area (Å²) in [5, 5.41) is 2.95. The van der Waals surface area contributed by atoms with Crippen LogP contribution in [0.5, 0.6) is 5.75 Å². The summed E-state index contributed by atoms with van der Waals surface area (Å²) in [6, 6.07) is 24.4. The van der Waals surface area contributed by atoms with Crippen LogP contribution in [-0.2, 0) is 0 Å². The summed E-state index contributed by atoms with van der Waals surface area (Å²) >= 11 is 2.23. The molecule has 0 spiro atoms. The van der Waals surface area contributed by atoms with E-state index in [9.17, 15) is 4.79 Å². The largest absolute Gasteiger partial charge is 0.497 e. The van der Waals surface area contributed by atoms with Crippen molar-refractivity contribution in [2.45, 2.75) is 0 Å². The van der Waals surface area contributed by atoms with Crippen LogP contribution in [0.15, 0.2) is 78.9 Å². The topological polar surface area (TPSA) is 41.6 Å². The number of hydrogen-bond donors (Lipinski definition) is 1. The minimum absolute atomic E-state index is 0.224. The second-order valence-electron chi connectivity index (χ2n) is 5.31. The molecule has 0 bridgehead atoms. The van der Waals surface area contributed by atoms with Crippen LogP contribution in [0.3, 0.4) is 0 Å². The fourth-order valence-electron chi connectivity index (χ4n) is 2.40. The van der Waals surface area contributed by atoms with Crippen LogP contribution in [0.4, 0.5) is 21.9 Å². The molecule has 0 radical (unpaired) electrons. The molecule has 0 fully saturated rings. The van der Waals surface area contributed by atoms with E-state index in [1.807, 2.05) is 78.9 Å². The average Bonchev–Trinajstić information content (AvgIpc) is 2.65.